The van der Waals surface area contributed by atoms with Gasteiger partial charge in [-0.05, 0) is 57.8 Å². The number of fused-ring (bicyclic) bond motifs is 1. The molecule has 0 aliphatic carbocycles. The van der Waals surface area contributed by atoms with Crippen LogP contribution in [0.1, 0.15) is 11.1 Å². The first-order valence-electron chi connectivity index (χ1n) is 9.38. The second-order valence-electron chi connectivity index (χ2n) is 7.44. The number of halogens is 2. The maximum absolute atomic E-state index is 13.1. The molecule has 0 aliphatic rings. The van der Waals surface area contributed by atoms with Gasteiger partial charge in [-0.25, -0.2) is 13.4 Å². The largest absolute Gasteiger partial charge is 0.308 e. The van der Waals surface area contributed by atoms with E-state index in [-0.39, 0.29) is 17.3 Å². The molecule has 0 aliphatic heterocycles. The highest BCUT2D eigenvalue weighted by Crippen LogP contribution is 2.33. The standard InChI is InChI=1S/C21H24ClN3O3S2.ClH/c1-14-5-7-16(8-6-14)30(27,28)13-19(26)25(12-11-24(3)4)21-23-20-15(2)17(22)9-10-18(20)29-21;/h5-10H,11-13H2,1-4H3;1H. The molecule has 10 heteroatoms. The average molecular weight is 502 g/mol. The molecule has 3 rings (SSSR count). The van der Waals surface area contributed by atoms with Gasteiger partial charge in [0.2, 0.25) is 5.91 Å². The number of thiazole rings is 1. The molecule has 6 nitrogen and oxygen atoms in total. The molecule has 3 aromatic rings. The molecule has 0 fully saturated rings. The predicted octanol–water partition coefficient (Wildman–Crippen LogP) is 4.36. The van der Waals surface area contributed by atoms with Gasteiger partial charge in [0.05, 0.1) is 15.1 Å². The molecule has 0 N–H and O–H groups in total. The summed E-state index contributed by atoms with van der Waals surface area (Å²) in [5.41, 5.74) is 2.52. The van der Waals surface area contributed by atoms with Crippen LogP contribution in [0.5, 0.6) is 0 Å². The van der Waals surface area contributed by atoms with Crippen molar-refractivity contribution in [2.75, 3.05) is 37.8 Å². The molecule has 168 valence electrons. The van der Waals surface area contributed by atoms with Gasteiger partial charge in [-0.15, -0.1) is 12.4 Å². The van der Waals surface area contributed by atoms with Crippen molar-refractivity contribution in [2.24, 2.45) is 0 Å². The van der Waals surface area contributed by atoms with Crippen LogP contribution in [0.2, 0.25) is 5.02 Å². The van der Waals surface area contributed by atoms with Crippen LogP contribution in [-0.2, 0) is 14.6 Å². The summed E-state index contributed by atoms with van der Waals surface area (Å²) < 4.78 is 26.5. The Morgan fingerprint density at radius 2 is 1.71 bits per heavy atom. The molecule has 0 atom stereocenters. The van der Waals surface area contributed by atoms with Gasteiger partial charge < -0.3 is 4.90 Å². The fraction of sp³-hybridized carbons (Fsp3) is 0.333. The molecule has 0 bridgehead atoms. The summed E-state index contributed by atoms with van der Waals surface area (Å²) in [4.78, 5) is 21.3. The Hall–Kier alpha value is -1.71. The summed E-state index contributed by atoms with van der Waals surface area (Å²) in [6, 6.07) is 10.2. The molecule has 0 spiro atoms. The SMILES string of the molecule is Cc1ccc(S(=O)(=O)CC(=O)N(CCN(C)C)c2nc3c(C)c(Cl)ccc3s2)cc1.Cl. The first-order chi connectivity index (χ1) is 14.1. The molecular formula is C21H25Cl2N3O3S2. The van der Waals surface area contributed by atoms with E-state index in [0.717, 1.165) is 21.3 Å². The Morgan fingerprint density at radius 1 is 1.06 bits per heavy atom. The summed E-state index contributed by atoms with van der Waals surface area (Å²) in [5, 5.41) is 1.08. The van der Waals surface area contributed by atoms with Gasteiger partial charge in [0.15, 0.2) is 15.0 Å². The number of amides is 1. The van der Waals surface area contributed by atoms with E-state index >= 15 is 0 Å². The third kappa shape index (κ3) is 5.96. The molecule has 1 heterocycles. The van der Waals surface area contributed by atoms with Crippen LogP contribution < -0.4 is 4.90 Å². The van der Waals surface area contributed by atoms with E-state index in [1.54, 1.807) is 18.2 Å². The van der Waals surface area contributed by atoms with E-state index in [4.69, 9.17) is 11.6 Å². The van der Waals surface area contributed by atoms with Crippen LogP contribution in [-0.4, -0.2) is 57.1 Å². The Balaban J connectivity index is 0.00000341. The zero-order chi connectivity index (χ0) is 22.1. The normalized spacial score (nSPS) is 11.5. The smallest absolute Gasteiger partial charge is 0.244 e. The number of carbonyl (C=O) groups is 1. The number of nitrogens with zero attached hydrogens (tertiary/aromatic N) is 3. The van der Waals surface area contributed by atoms with Gasteiger partial charge >= 0.3 is 0 Å². The number of benzene rings is 2. The molecule has 31 heavy (non-hydrogen) atoms. The van der Waals surface area contributed by atoms with E-state index in [1.807, 2.05) is 38.9 Å². The number of rotatable bonds is 7. The van der Waals surface area contributed by atoms with Crippen LogP contribution >= 0.6 is 35.3 Å². The number of hydrogen-bond donors (Lipinski definition) is 0. The lowest BCUT2D eigenvalue weighted by Crippen LogP contribution is -2.40. The highest BCUT2D eigenvalue weighted by molar-refractivity contribution is 7.92. The number of anilines is 1. The van der Waals surface area contributed by atoms with Crippen LogP contribution in [0.15, 0.2) is 41.3 Å². The van der Waals surface area contributed by atoms with Gasteiger partial charge in [-0.3, -0.25) is 9.69 Å². The van der Waals surface area contributed by atoms with Crippen LogP contribution in [0.4, 0.5) is 5.13 Å². The van der Waals surface area contributed by atoms with Crippen molar-refractivity contribution in [1.29, 1.82) is 0 Å². The molecule has 0 radical (unpaired) electrons. The van der Waals surface area contributed by atoms with Crippen molar-refractivity contribution < 1.29 is 13.2 Å². The Kier molecular flexibility index (Phi) is 8.47. The van der Waals surface area contributed by atoms with Gasteiger partial charge in [0.25, 0.3) is 0 Å². The quantitative estimate of drug-likeness (QED) is 0.480. The summed E-state index contributed by atoms with van der Waals surface area (Å²) in [5.74, 6) is -1.11. The highest BCUT2D eigenvalue weighted by atomic mass is 35.5. The molecule has 1 aromatic heterocycles. The zero-order valence-corrected chi connectivity index (χ0v) is 21.0. The first-order valence-corrected chi connectivity index (χ1v) is 12.2. The van der Waals surface area contributed by atoms with Crippen molar-refractivity contribution in [3.05, 3.63) is 52.5 Å². The highest BCUT2D eigenvalue weighted by Gasteiger charge is 2.27. The van der Waals surface area contributed by atoms with Crippen LogP contribution in [0, 0.1) is 13.8 Å². The Bertz CT molecular complexity index is 1180. The predicted molar refractivity (Wildman–Crippen MR) is 131 cm³/mol. The second kappa shape index (κ2) is 10.3. The number of carbonyl (C=O) groups excluding carboxylic acids is 1. The van der Waals surface area contributed by atoms with Gasteiger partial charge in [0, 0.05) is 18.1 Å². The van der Waals surface area contributed by atoms with Gasteiger partial charge in [-0.2, -0.15) is 0 Å². The van der Waals surface area contributed by atoms with Crippen molar-refractivity contribution in [2.45, 2.75) is 18.7 Å². The number of aryl methyl sites for hydroxylation is 2. The van der Waals surface area contributed by atoms with Crippen molar-refractivity contribution in [1.82, 2.24) is 9.88 Å². The maximum Gasteiger partial charge on any atom is 0.244 e. The molecule has 0 saturated carbocycles. The lowest BCUT2D eigenvalue weighted by molar-refractivity contribution is -0.116. The van der Waals surface area contributed by atoms with Gasteiger partial charge in [-0.1, -0.05) is 40.6 Å². The minimum atomic E-state index is -3.76. The fourth-order valence-corrected chi connectivity index (χ4v) is 5.32. The van der Waals surface area contributed by atoms with E-state index in [0.29, 0.717) is 23.2 Å². The summed E-state index contributed by atoms with van der Waals surface area (Å²) in [6.07, 6.45) is 0. The number of hydrogen-bond acceptors (Lipinski definition) is 6. The van der Waals surface area contributed by atoms with Crippen molar-refractivity contribution in [3.63, 3.8) is 0 Å². The Morgan fingerprint density at radius 3 is 2.32 bits per heavy atom. The van der Waals surface area contributed by atoms with E-state index in [9.17, 15) is 13.2 Å². The fourth-order valence-electron chi connectivity index (χ4n) is 2.90. The molecule has 0 saturated heterocycles. The average Bonchev–Trinajstić information content (AvgIpc) is 3.09. The monoisotopic (exact) mass is 501 g/mol. The molecule has 2 aromatic carbocycles. The van der Waals surface area contributed by atoms with Crippen LogP contribution in [0.25, 0.3) is 10.2 Å². The Labute approximate surface area is 198 Å². The topological polar surface area (TPSA) is 70.6 Å². The third-order valence-corrected chi connectivity index (χ3v) is 7.80. The minimum absolute atomic E-state index is 0. The van der Waals surface area contributed by atoms with E-state index in [2.05, 4.69) is 4.98 Å². The van der Waals surface area contributed by atoms with Gasteiger partial charge in [0.1, 0.15) is 5.75 Å². The van der Waals surface area contributed by atoms with Crippen LogP contribution in [0.3, 0.4) is 0 Å². The molecular weight excluding hydrogens is 477 g/mol. The minimum Gasteiger partial charge on any atom is -0.308 e. The zero-order valence-electron chi connectivity index (χ0n) is 17.8. The summed E-state index contributed by atoms with van der Waals surface area (Å²) in [7, 11) is 0.0317. The lowest BCUT2D eigenvalue weighted by atomic mass is 10.2. The first kappa shape index (κ1) is 25.5. The number of aromatic nitrogens is 1. The number of likely N-dealkylation sites (N-methyl/N-ethyl adjacent to an activating group) is 1. The lowest BCUT2D eigenvalue weighted by Gasteiger charge is -2.22. The number of sulfone groups is 1. The van der Waals surface area contributed by atoms with Crippen molar-refractivity contribution in [3.8, 4) is 0 Å². The molecule has 0 unspecified atom stereocenters. The summed E-state index contributed by atoms with van der Waals surface area (Å²) >= 11 is 7.56. The maximum atomic E-state index is 13.1. The van der Waals surface area contributed by atoms with Crippen molar-refractivity contribution >= 4 is 66.4 Å². The van der Waals surface area contributed by atoms with E-state index in [1.165, 1.54) is 28.4 Å². The third-order valence-electron chi connectivity index (χ3n) is 4.73. The molecule has 1 amide bonds. The summed E-state index contributed by atoms with van der Waals surface area (Å²) in [6.45, 7) is 4.67. The van der Waals surface area contributed by atoms with E-state index < -0.39 is 21.5 Å². The second-order valence-corrected chi connectivity index (χ2v) is 10.8.